The second kappa shape index (κ2) is 7.45. The Labute approximate surface area is 134 Å². The van der Waals surface area contributed by atoms with Gasteiger partial charge in [-0.05, 0) is 48.5 Å². The highest BCUT2D eigenvalue weighted by Gasteiger charge is 2.37. The first kappa shape index (κ1) is 16.5. The van der Waals surface area contributed by atoms with Crippen molar-refractivity contribution in [2.24, 2.45) is 10.9 Å². The van der Waals surface area contributed by atoms with Gasteiger partial charge in [0.25, 0.3) is 0 Å². The van der Waals surface area contributed by atoms with Gasteiger partial charge in [0, 0.05) is 13.3 Å². The molecule has 1 amide bonds. The molecular formula is C15H19N3O3S. The first-order chi connectivity index (χ1) is 10.6. The van der Waals surface area contributed by atoms with Crippen LogP contribution in [-0.4, -0.2) is 40.6 Å². The normalized spacial score (nSPS) is 27.7. The van der Waals surface area contributed by atoms with Crippen LogP contribution < -0.4 is 5.32 Å². The molecule has 0 bridgehead atoms. The average molecular weight is 321 g/mol. The Morgan fingerprint density at radius 2 is 2.36 bits per heavy atom. The quantitative estimate of drug-likeness (QED) is 0.658. The highest BCUT2D eigenvalue weighted by molar-refractivity contribution is 7.78. The minimum absolute atomic E-state index is 0.133. The van der Waals surface area contributed by atoms with Crippen molar-refractivity contribution in [3.05, 3.63) is 24.0 Å². The molecule has 4 atom stereocenters. The van der Waals surface area contributed by atoms with E-state index in [1.807, 2.05) is 6.07 Å². The van der Waals surface area contributed by atoms with Crippen molar-refractivity contribution < 1.29 is 14.6 Å². The summed E-state index contributed by atoms with van der Waals surface area (Å²) >= 11 is 4.68. The third-order valence-corrected chi connectivity index (χ3v) is 4.26. The lowest BCUT2D eigenvalue weighted by atomic mass is 9.74. The van der Waals surface area contributed by atoms with Crippen molar-refractivity contribution >= 4 is 29.2 Å². The first-order valence-electron chi connectivity index (χ1n) is 7.10. The van der Waals surface area contributed by atoms with Gasteiger partial charge in [0.15, 0.2) is 0 Å². The molecular weight excluding hydrogens is 302 g/mol. The van der Waals surface area contributed by atoms with E-state index in [1.54, 1.807) is 19.5 Å². The molecule has 0 radical (unpaired) electrons. The Kier molecular flexibility index (Phi) is 5.60. The smallest absolute Gasteiger partial charge is 0.404 e. The summed E-state index contributed by atoms with van der Waals surface area (Å²) in [6.07, 6.45) is 3.74. The predicted octanol–water partition coefficient (Wildman–Crippen LogP) is 2.98. The second-order valence-corrected chi connectivity index (χ2v) is 5.72. The number of ether oxygens (including phenoxy) is 1. The number of hydrogen-bond donors (Lipinski definition) is 2. The van der Waals surface area contributed by atoms with Crippen LogP contribution in [0.5, 0.6) is 0 Å². The van der Waals surface area contributed by atoms with E-state index in [0.29, 0.717) is 12.1 Å². The van der Waals surface area contributed by atoms with Crippen LogP contribution in [-0.2, 0) is 4.74 Å². The largest absolute Gasteiger partial charge is 0.465 e. The van der Waals surface area contributed by atoms with Gasteiger partial charge >= 0.3 is 6.09 Å². The number of nitrogens with zero attached hydrogens (tertiary/aromatic N) is 2. The summed E-state index contributed by atoms with van der Waals surface area (Å²) in [4.78, 5) is 19.2. The van der Waals surface area contributed by atoms with Crippen molar-refractivity contribution in [3.8, 4) is 0 Å². The molecule has 0 unspecified atom stereocenters. The fraction of sp³-hybridized carbons (Fsp3) is 0.533. The Bertz CT molecular complexity index is 589. The zero-order chi connectivity index (χ0) is 16.1. The molecule has 2 N–H and O–H groups in total. The Morgan fingerprint density at radius 1 is 1.59 bits per heavy atom. The van der Waals surface area contributed by atoms with Crippen molar-refractivity contribution in [2.45, 2.75) is 37.8 Å². The maximum atomic E-state index is 11.0. The minimum atomic E-state index is -1.04. The van der Waals surface area contributed by atoms with E-state index >= 15 is 0 Å². The van der Waals surface area contributed by atoms with Gasteiger partial charge in [0.05, 0.1) is 29.2 Å². The van der Waals surface area contributed by atoms with Crippen molar-refractivity contribution in [3.63, 3.8) is 0 Å². The van der Waals surface area contributed by atoms with Crippen LogP contribution in [0.3, 0.4) is 0 Å². The number of aromatic nitrogens is 1. The third-order valence-electron chi connectivity index (χ3n) is 4.17. The molecule has 1 aliphatic rings. The summed E-state index contributed by atoms with van der Waals surface area (Å²) in [6.45, 7) is 2.07. The third kappa shape index (κ3) is 3.68. The summed E-state index contributed by atoms with van der Waals surface area (Å²) < 4.78 is 5.49. The lowest BCUT2D eigenvalue weighted by Gasteiger charge is -2.39. The number of rotatable bonds is 4. The molecule has 1 aliphatic carbocycles. The molecule has 0 spiro atoms. The monoisotopic (exact) mass is 321 g/mol. The number of aliphatic imine (C=N–C) groups is 1. The number of amides is 1. The molecule has 7 heteroatoms. The molecule has 6 nitrogen and oxygen atoms in total. The van der Waals surface area contributed by atoms with Gasteiger partial charge in [-0.2, -0.15) is 4.99 Å². The van der Waals surface area contributed by atoms with E-state index in [0.717, 1.165) is 12.0 Å². The van der Waals surface area contributed by atoms with Gasteiger partial charge in [-0.1, -0.05) is 6.92 Å². The number of carboxylic acid groups (broad SMARTS) is 1. The number of carbonyl (C=O) groups is 1. The summed E-state index contributed by atoms with van der Waals surface area (Å²) in [5.74, 6) is 0.390. The molecule has 0 aromatic carbocycles. The van der Waals surface area contributed by atoms with E-state index in [-0.39, 0.29) is 24.0 Å². The fourth-order valence-corrected chi connectivity index (χ4v) is 3.45. The molecule has 118 valence electrons. The van der Waals surface area contributed by atoms with E-state index in [1.165, 1.54) is 0 Å². The maximum Gasteiger partial charge on any atom is 0.404 e. The van der Waals surface area contributed by atoms with Crippen LogP contribution in [0.15, 0.2) is 23.5 Å². The Balaban J connectivity index is 2.29. The highest BCUT2D eigenvalue weighted by atomic mass is 32.1. The molecule has 0 aliphatic heterocycles. The molecule has 0 saturated heterocycles. The van der Waals surface area contributed by atoms with Gasteiger partial charge < -0.3 is 15.2 Å². The summed E-state index contributed by atoms with van der Waals surface area (Å²) in [7, 11) is 1.62. The summed E-state index contributed by atoms with van der Waals surface area (Å²) in [5, 5.41) is 14.0. The average Bonchev–Trinajstić information content (AvgIpc) is 2.47. The number of pyridine rings is 1. The Morgan fingerprint density at radius 3 is 3.00 bits per heavy atom. The predicted molar refractivity (Wildman–Crippen MR) is 85.8 cm³/mol. The van der Waals surface area contributed by atoms with E-state index < -0.39 is 6.09 Å². The van der Waals surface area contributed by atoms with Gasteiger partial charge in [-0.25, -0.2) is 4.79 Å². The number of methoxy groups -OCH3 is 1. The molecule has 2 rings (SSSR count). The van der Waals surface area contributed by atoms with Gasteiger partial charge in [0.1, 0.15) is 0 Å². The van der Waals surface area contributed by atoms with Crippen LogP contribution >= 0.6 is 12.2 Å². The zero-order valence-corrected chi connectivity index (χ0v) is 13.3. The number of thiocarbonyl (C=S) groups is 1. The first-order valence-corrected chi connectivity index (χ1v) is 7.51. The van der Waals surface area contributed by atoms with Crippen LogP contribution in [0.4, 0.5) is 10.5 Å². The molecule has 1 aromatic rings. The molecule has 1 fully saturated rings. The van der Waals surface area contributed by atoms with Crippen LogP contribution in [0.1, 0.15) is 31.2 Å². The van der Waals surface area contributed by atoms with Crippen molar-refractivity contribution in [2.75, 3.05) is 7.11 Å². The second-order valence-electron chi connectivity index (χ2n) is 5.54. The number of isothiocyanates is 1. The van der Waals surface area contributed by atoms with Gasteiger partial charge in [0.2, 0.25) is 0 Å². The van der Waals surface area contributed by atoms with Gasteiger partial charge in [-0.3, -0.25) is 4.98 Å². The van der Waals surface area contributed by atoms with Gasteiger partial charge in [-0.15, -0.1) is 0 Å². The highest BCUT2D eigenvalue weighted by Crippen LogP contribution is 2.40. The molecule has 1 aromatic heterocycles. The summed E-state index contributed by atoms with van der Waals surface area (Å²) in [5.41, 5.74) is 1.71. The number of nitrogens with one attached hydrogen (secondary N) is 1. The van der Waals surface area contributed by atoms with Crippen LogP contribution in [0.25, 0.3) is 0 Å². The van der Waals surface area contributed by atoms with E-state index in [2.05, 4.69) is 39.6 Å². The lowest BCUT2D eigenvalue weighted by Crippen LogP contribution is -2.50. The minimum Gasteiger partial charge on any atom is -0.465 e. The number of hydrogen-bond acceptors (Lipinski definition) is 5. The maximum absolute atomic E-state index is 11.0. The van der Waals surface area contributed by atoms with Crippen molar-refractivity contribution in [1.29, 1.82) is 0 Å². The van der Waals surface area contributed by atoms with Crippen LogP contribution in [0.2, 0.25) is 0 Å². The van der Waals surface area contributed by atoms with E-state index in [9.17, 15) is 4.79 Å². The Hall–Kier alpha value is -1.82. The summed E-state index contributed by atoms with van der Waals surface area (Å²) in [6, 6.07) is 1.65. The van der Waals surface area contributed by atoms with E-state index in [4.69, 9.17) is 9.84 Å². The van der Waals surface area contributed by atoms with Crippen LogP contribution in [0, 0.1) is 5.92 Å². The molecule has 1 heterocycles. The van der Waals surface area contributed by atoms with Crippen molar-refractivity contribution in [1.82, 2.24) is 10.3 Å². The molecule has 22 heavy (non-hydrogen) atoms. The topological polar surface area (TPSA) is 83.8 Å². The fourth-order valence-electron chi connectivity index (χ4n) is 3.35. The lowest BCUT2D eigenvalue weighted by molar-refractivity contribution is -0.000248. The molecule has 1 saturated carbocycles. The SMILES string of the molecule is CO[C@H]1[C@@H](C)C[C@H](c2ccncc2N=C=S)C[C@H]1NC(=O)O. The zero-order valence-electron chi connectivity index (χ0n) is 12.5. The standard InChI is InChI=1S/C15H19N3O3S/c1-9-5-10(6-12(14(9)21-2)18-15(19)20)11-3-4-16-7-13(11)17-8-22/h3-4,7,9-10,12,14,18H,5-6H2,1-2H3,(H,19,20)/t9-,10-,12+,14-/m0/s1.